The predicted molar refractivity (Wildman–Crippen MR) is 187 cm³/mol. The highest BCUT2D eigenvalue weighted by Crippen LogP contribution is 2.63. The number of benzene rings is 2. The normalized spacial score (nSPS) is 28.8. The minimum Gasteiger partial charge on any atom is -0.441 e. The molecule has 5 aliphatic rings. The first kappa shape index (κ1) is 36.1. The summed E-state index contributed by atoms with van der Waals surface area (Å²) >= 11 is 12.5. The quantitative estimate of drug-likeness (QED) is 0.132. The SMILES string of the molecule is CCCCC(=O)CCCCNC(=O)CCC1(CC(OC(=O)Nc2cc(Cl)ccc2Cl)c2ccccc2)OOC2(O1)C1CC3CC(C1)CC2C3. The van der Waals surface area contributed by atoms with Gasteiger partial charge >= 0.3 is 6.09 Å². The van der Waals surface area contributed by atoms with Crippen molar-refractivity contribution < 1.29 is 33.6 Å². The maximum atomic E-state index is 13.3. The molecule has 1 heterocycles. The van der Waals surface area contributed by atoms with Gasteiger partial charge in [-0.2, -0.15) is 9.78 Å². The van der Waals surface area contributed by atoms with Crippen LogP contribution in [0, 0.1) is 23.7 Å². The van der Waals surface area contributed by atoms with Crippen LogP contribution in [0.25, 0.3) is 0 Å². The lowest BCUT2D eigenvalue weighted by atomic mass is 9.53. The predicted octanol–water partition coefficient (Wildman–Crippen LogP) is 9.33. The summed E-state index contributed by atoms with van der Waals surface area (Å²) in [5.74, 6) is -0.285. The van der Waals surface area contributed by atoms with Gasteiger partial charge in [-0.3, -0.25) is 14.9 Å². The number of Topliss-reactive ketones (excluding diaryl/α,β-unsaturated/α-hetero) is 1. The second kappa shape index (κ2) is 16.1. The van der Waals surface area contributed by atoms with Crippen LogP contribution in [0.15, 0.2) is 48.5 Å². The van der Waals surface area contributed by atoms with Gasteiger partial charge in [0.25, 0.3) is 0 Å². The third kappa shape index (κ3) is 8.79. The average molecular weight is 716 g/mol. The van der Waals surface area contributed by atoms with E-state index in [0.717, 1.165) is 56.9 Å². The molecule has 11 heteroatoms. The number of carbonyl (C=O) groups excluding carboxylic acids is 3. The number of carbonyl (C=O) groups is 3. The molecule has 5 fully saturated rings. The van der Waals surface area contributed by atoms with Crippen LogP contribution in [-0.4, -0.2) is 35.9 Å². The molecule has 9 nitrogen and oxygen atoms in total. The summed E-state index contributed by atoms with van der Waals surface area (Å²) in [4.78, 5) is 51.1. The maximum Gasteiger partial charge on any atom is 0.412 e. The van der Waals surface area contributed by atoms with Crippen LogP contribution in [-0.2, 0) is 28.8 Å². The van der Waals surface area contributed by atoms with Gasteiger partial charge in [-0.1, -0.05) is 66.9 Å². The van der Waals surface area contributed by atoms with Crippen LogP contribution in [0.2, 0.25) is 10.0 Å². The Labute approximate surface area is 299 Å². The Morgan fingerprint density at radius 2 is 1.61 bits per heavy atom. The van der Waals surface area contributed by atoms with Crippen molar-refractivity contribution in [1.29, 1.82) is 0 Å². The number of ketones is 1. The second-order valence-corrected chi connectivity index (χ2v) is 15.3. The number of anilines is 1. The highest BCUT2D eigenvalue weighted by Gasteiger charge is 2.67. The summed E-state index contributed by atoms with van der Waals surface area (Å²) < 4.78 is 13.1. The molecule has 0 radical (unpaired) electrons. The number of halogens is 2. The molecule has 1 aliphatic heterocycles. The summed E-state index contributed by atoms with van der Waals surface area (Å²) in [5.41, 5.74) is 1.07. The second-order valence-electron chi connectivity index (χ2n) is 14.4. The Kier molecular flexibility index (Phi) is 11.9. The van der Waals surface area contributed by atoms with Crippen molar-refractivity contribution in [2.45, 2.75) is 114 Å². The Morgan fingerprint density at radius 3 is 2.33 bits per heavy atom. The number of hydrogen-bond donors (Lipinski definition) is 2. The minimum absolute atomic E-state index is 0.106. The molecular weight excluding hydrogens is 667 g/mol. The van der Waals surface area contributed by atoms with Gasteiger partial charge in [-0.05, 0) is 87.0 Å². The molecule has 2 aromatic rings. The van der Waals surface area contributed by atoms with Crippen molar-refractivity contribution in [3.63, 3.8) is 0 Å². The van der Waals surface area contributed by atoms with Crippen molar-refractivity contribution >= 4 is 46.7 Å². The van der Waals surface area contributed by atoms with Crippen molar-refractivity contribution in [3.05, 3.63) is 64.1 Å². The van der Waals surface area contributed by atoms with Gasteiger partial charge in [0.1, 0.15) is 11.9 Å². The molecule has 4 aliphatic carbocycles. The van der Waals surface area contributed by atoms with E-state index < -0.39 is 23.8 Å². The van der Waals surface area contributed by atoms with E-state index in [1.54, 1.807) is 18.2 Å². The van der Waals surface area contributed by atoms with Crippen LogP contribution < -0.4 is 10.6 Å². The van der Waals surface area contributed by atoms with E-state index in [4.69, 9.17) is 42.5 Å². The number of rotatable bonds is 16. The molecular formula is C38H48Cl2N2O7. The third-order valence-electron chi connectivity index (χ3n) is 10.8. The van der Waals surface area contributed by atoms with E-state index in [1.165, 1.54) is 6.42 Å². The van der Waals surface area contributed by atoms with Gasteiger partial charge in [0.05, 0.1) is 10.7 Å². The smallest absolute Gasteiger partial charge is 0.412 e. The Bertz CT molecular complexity index is 1450. The van der Waals surface area contributed by atoms with Crippen LogP contribution >= 0.6 is 23.2 Å². The van der Waals surface area contributed by atoms with Crippen molar-refractivity contribution in [2.75, 3.05) is 11.9 Å². The van der Waals surface area contributed by atoms with Crippen molar-refractivity contribution in [3.8, 4) is 0 Å². The van der Waals surface area contributed by atoms with Crippen molar-refractivity contribution in [2.24, 2.45) is 23.7 Å². The topological polar surface area (TPSA) is 112 Å². The molecule has 2 aromatic carbocycles. The largest absolute Gasteiger partial charge is 0.441 e. The minimum atomic E-state index is -1.34. The summed E-state index contributed by atoms with van der Waals surface area (Å²) in [5, 5.41) is 6.45. The molecule has 2 N–H and O–H groups in total. The molecule has 2 unspecified atom stereocenters. The Hall–Kier alpha value is -2.69. The van der Waals surface area contributed by atoms with Gasteiger partial charge in [0, 0.05) is 55.5 Å². The van der Waals surface area contributed by atoms with E-state index in [9.17, 15) is 14.4 Å². The molecule has 0 aromatic heterocycles. The summed E-state index contributed by atoms with van der Waals surface area (Å²) in [7, 11) is 0. The molecule has 7 rings (SSSR count). The molecule has 2 atom stereocenters. The first-order valence-electron chi connectivity index (χ1n) is 18.0. The van der Waals surface area contributed by atoms with Gasteiger partial charge < -0.3 is 14.8 Å². The van der Waals surface area contributed by atoms with Crippen LogP contribution in [0.5, 0.6) is 0 Å². The lowest BCUT2D eigenvalue weighted by Crippen LogP contribution is -2.59. The van der Waals surface area contributed by atoms with Gasteiger partial charge in [0.15, 0.2) is 0 Å². The molecule has 49 heavy (non-hydrogen) atoms. The molecule has 266 valence electrons. The zero-order valence-electron chi connectivity index (χ0n) is 28.2. The van der Waals surface area contributed by atoms with E-state index in [2.05, 4.69) is 17.6 Å². The highest BCUT2D eigenvalue weighted by atomic mass is 35.5. The van der Waals surface area contributed by atoms with Gasteiger partial charge in [-0.15, -0.1) is 0 Å². The summed E-state index contributed by atoms with van der Waals surface area (Å²) in [6, 6.07) is 14.2. The Morgan fingerprint density at radius 1 is 0.898 bits per heavy atom. The first-order chi connectivity index (χ1) is 23.7. The van der Waals surface area contributed by atoms with E-state index >= 15 is 0 Å². The van der Waals surface area contributed by atoms with Crippen molar-refractivity contribution in [1.82, 2.24) is 5.32 Å². The zero-order chi connectivity index (χ0) is 34.4. The molecule has 2 amide bonds. The highest BCUT2D eigenvalue weighted by molar-refractivity contribution is 6.35. The van der Waals surface area contributed by atoms with Gasteiger partial charge in [0.2, 0.25) is 17.5 Å². The standard InChI is InChI=1S/C38H48Cl2N2O7/c1-2-3-11-31(43)12-7-8-17-41-35(44)15-16-37(47-38(49-48-37)28-19-25-18-26(21-28)22-29(38)20-25)24-34(27-9-5-4-6-10-27)46-36(45)42-33-23-30(39)13-14-32(33)40/h4-6,9-10,13-14,23,25-26,28-29,34H,2-3,7-8,11-12,15-22,24H2,1H3,(H,41,44)(H,42,45). The number of unbranched alkanes of at least 4 members (excludes halogenated alkanes) is 2. The fourth-order valence-electron chi connectivity index (χ4n) is 8.49. The number of ether oxygens (including phenoxy) is 2. The zero-order valence-corrected chi connectivity index (χ0v) is 29.7. The fraction of sp³-hybridized carbons (Fsp3) is 0.605. The van der Waals surface area contributed by atoms with Crippen LogP contribution in [0.4, 0.5) is 10.5 Å². The number of nitrogens with one attached hydrogen (secondary N) is 2. The Balaban J connectivity index is 1.16. The summed E-state index contributed by atoms with van der Waals surface area (Å²) in [6.45, 7) is 2.57. The number of amides is 2. The van der Waals surface area contributed by atoms with Crippen LogP contribution in [0.3, 0.4) is 0 Å². The molecule has 4 saturated carbocycles. The van der Waals surface area contributed by atoms with Gasteiger partial charge in [-0.25, -0.2) is 4.79 Å². The van der Waals surface area contributed by atoms with Crippen LogP contribution in [0.1, 0.15) is 108 Å². The average Bonchev–Trinajstić information content (AvgIpc) is 3.47. The lowest BCUT2D eigenvalue weighted by molar-refractivity contribution is -0.390. The number of hydrogen-bond acceptors (Lipinski definition) is 7. The maximum absolute atomic E-state index is 13.3. The fourth-order valence-corrected chi connectivity index (χ4v) is 8.82. The molecule has 1 saturated heterocycles. The van der Waals surface area contributed by atoms with E-state index in [0.29, 0.717) is 47.0 Å². The molecule has 1 spiro atoms. The first-order valence-corrected chi connectivity index (χ1v) is 18.8. The molecule has 4 bridgehead atoms. The third-order valence-corrected chi connectivity index (χ3v) is 11.3. The monoisotopic (exact) mass is 714 g/mol. The lowest BCUT2D eigenvalue weighted by Gasteiger charge is -2.57. The van der Waals surface area contributed by atoms with E-state index in [-0.39, 0.29) is 42.8 Å². The van der Waals surface area contributed by atoms with E-state index in [1.807, 2.05) is 30.3 Å². The summed E-state index contributed by atoms with van der Waals surface area (Å²) in [6.07, 6.45) is 8.92.